The Balaban J connectivity index is 1.54. The van der Waals surface area contributed by atoms with E-state index in [4.69, 9.17) is 4.52 Å². The quantitative estimate of drug-likeness (QED) is 0.755. The van der Waals surface area contributed by atoms with Gasteiger partial charge in [-0.15, -0.1) is 0 Å². The third-order valence-corrected chi connectivity index (χ3v) is 4.72. The molecule has 0 saturated carbocycles. The van der Waals surface area contributed by atoms with Crippen molar-refractivity contribution in [3.8, 4) is 11.6 Å². The molecule has 3 aromatic rings. The summed E-state index contributed by atoms with van der Waals surface area (Å²) in [4.78, 5) is 21.5. The lowest BCUT2D eigenvalue weighted by molar-refractivity contribution is -0.118. The smallest absolute Gasteiger partial charge is 0.274 e. The number of hydrogen-bond donors (Lipinski definition) is 1. The molecule has 1 unspecified atom stereocenters. The van der Waals surface area contributed by atoms with Crippen LogP contribution in [0.4, 0.5) is 14.5 Å². The second kappa shape index (κ2) is 6.94. The predicted molar refractivity (Wildman–Crippen MR) is 94.1 cm³/mol. The molecular formula is C19H18F2N4O2. The van der Waals surface area contributed by atoms with Crippen LogP contribution in [0.25, 0.3) is 11.6 Å². The van der Waals surface area contributed by atoms with Gasteiger partial charge in [-0.2, -0.15) is 4.98 Å². The van der Waals surface area contributed by atoms with Crippen LogP contribution < -0.4 is 4.90 Å². The Morgan fingerprint density at radius 2 is 2.15 bits per heavy atom. The first-order valence-corrected chi connectivity index (χ1v) is 8.75. The van der Waals surface area contributed by atoms with Gasteiger partial charge in [0.05, 0.1) is 5.69 Å². The number of aromatic nitrogens is 3. The van der Waals surface area contributed by atoms with Gasteiger partial charge >= 0.3 is 0 Å². The number of nitrogens with zero attached hydrogens (tertiary/aromatic N) is 3. The summed E-state index contributed by atoms with van der Waals surface area (Å²) >= 11 is 0. The first-order chi connectivity index (χ1) is 13.0. The Hall–Kier alpha value is -3.03. The fourth-order valence-electron chi connectivity index (χ4n) is 3.36. The van der Waals surface area contributed by atoms with Gasteiger partial charge in [0.25, 0.3) is 5.89 Å². The SMILES string of the molecule is Cc1c[nH]c(-c2nc(C3CCCN(c4ccc(F)cc4F)C(=O)C3)no2)c1. The molecule has 4 rings (SSSR count). The van der Waals surface area contributed by atoms with Crippen LogP contribution in [0.1, 0.15) is 36.6 Å². The molecule has 1 atom stereocenters. The van der Waals surface area contributed by atoms with Gasteiger partial charge in [-0.25, -0.2) is 8.78 Å². The fourth-order valence-corrected chi connectivity index (χ4v) is 3.36. The van der Waals surface area contributed by atoms with E-state index in [-0.39, 0.29) is 23.9 Å². The molecule has 6 nitrogen and oxygen atoms in total. The van der Waals surface area contributed by atoms with Crippen molar-refractivity contribution in [1.82, 2.24) is 15.1 Å². The first-order valence-electron chi connectivity index (χ1n) is 8.75. The molecule has 0 radical (unpaired) electrons. The maximum absolute atomic E-state index is 14.1. The van der Waals surface area contributed by atoms with Crippen LogP contribution in [0, 0.1) is 18.6 Å². The van der Waals surface area contributed by atoms with Gasteiger partial charge in [-0.3, -0.25) is 4.79 Å². The average molecular weight is 372 g/mol. The van der Waals surface area contributed by atoms with Crippen molar-refractivity contribution in [3.63, 3.8) is 0 Å². The molecular weight excluding hydrogens is 354 g/mol. The van der Waals surface area contributed by atoms with Crippen LogP contribution in [0.5, 0.6) is 0 Å². The van der Waals surface area contributed by atoms with Gasteiger partial charge in [0.1, 0.15) is 17.3 Å². The van der Waals surface area contributed by atoms with Crippen molar-refractivity contribution in [2.24, 2.45) is 0 Å². The standard InChI is InChI=1S/C19H18F2N4O2/c1-11-7-15(22-10-11)19-23-18(24-27-19)12-3-2-6-25(17(26)8-12)16-5-4-13(20)9-14(16)21/h4-5,7,9-10,12,22H,2-3,6,8H2,1H3. The lowest BCUT2D eigenvalue weighted by Gasteiger charge is -2.21. The van der Waals surface area contributed by atoms with E-state index in [2.05, 4.69) is 15.1 Å². The number of carbonyl (C=O) groups excluding carboxylic acids is 1. The van der Waals surface area contributed by atoms with Crippen molar-refractivity contribution >= 4 is 11.6 Å². The summed E-state index contributed by atoms with van der Waals surface area (Å²) in [5, 5.41) is 4.03. The lowest BCUT2D eigenvalue weighted by Crippen LogP contribution is -2.31. The molecule has 0 aliphatic carbocycles. The number of rotatable bonds is 3. The average Bonchev–Trinajstić information content (AvgIpc) is 3.23. The molecule has 1 saturated heterocycles. The van der Waals surface area contributed by atoms with Crippen molar-refractivity contribution in [2.45, 2.75) is 32.1 Å². The highest BCUT2D eigenvalue weighted by Crippen LogP contribution is 2.31. The van der Waals surface area contributed by atoms with Gasteiger partial charge in [-0.1, -0.05) is 5.16 Å². The molecule has 1 N–H and O–H groups in total. The zero-order valence-electron chi connectivity index (χ0n) is 14.7. The zero-order valence-corrected chi connectivity index (χ0v) is 14.7. The molecule has 140 valence electrons. The normalized spacial score (nSPS) is 18.0. The van der Waals surface area contributed by atoms with Crippen LogP contribution in [0.3, 0.4) is 0 Å². The van der Waals surface area contributed by atoms with Crippen LogP contribution in [0.15, 0.2) is 35.0 Å². The molecule has 1 amide bonds. The molecule has 2 aromatic heterocycles. The number of hydrogen-bond acceptors (Lipinski definition) is 4. The van der Waals surface area contributed by atoms with E-state index >= 15 is 0 Å². The van der Waals surface area contributed by atoms with Crippen molar-refractivity contribution in [3.05, 3.63) is 53.5 Å². The van der Waals surface area contributed by atoms with Gasteiger partial charge in [0.2, 0.25) is 5.91 Å². The third kappa shape index (κ3) is 3.47. The number of amides is 1. The first kappa shape index (κ1) is 17.4. The number of aryl methyl sites for hydroxylation is 1. The van der Waals surface area contributed by atoms with Gasteiger partial charge in [-0.05, 0) is 43.5 Å². The Kier molecular flexibility index (Phi) is 4.47. The van der Waals surface area contributed by atoms with Crippen LogP contribution in [-0.4, -0.2) is 27.6 Å². The predicted octanol–water partition coefficient (Wildman–Crippen LogP) is 3.95. The van der Waals surface area contributed by atoms with Gasteiger partial charge < -0.3 is 14.4 Å². The van der Waals surface area contributed by atoms with Crippen molar-refractivity contribution in [2.75, 3.05) is 11.4 Å². The van der Waals surface area contributed by atoms with Crippen LogP contribution in [0.2, 0.25) is 0 Å². The number of halogens is 2. The number of nitrogens with one attached hydrogen (secondary N) is 1. The topological polar surface area (TPSA) is 75.0 Å². The highest BCUT2D eigenvalue weighted by Gasteiger charge is 2.30. The Bertz CT molecular complexity index is 982. The number of aromatic amines is 1. The van der Waals surface area contributed by atoms with Crippen LogP contribution in [-0.2, 0) is 4.79 Å². The van der Waals surface area contributed by atoms with Crippen molar-refractivity contribution < 1.29 is 18.1 Å². The summed E-state index contributed by atoms with van der Waals surface area (Å²) in [5.74, 6) is -1.03. The maximum Gasteiger partial charge on any atom is 0.274 e. The monoisotopic (exact) mass is 372 g/mol. The summed E-state index contributed by atoms with van der Waals surface area (Å²) in [7, 11) is 0. The summed E-state index contributed by atoms with van der Waals surface area (Å²) in [6.07, 6.45) is 3.30. The number of carbonyl (C=O) groups is 1. The van der Waals surface area contributed by atoms with E-state index in [9.17, 15) is 13.6 Å². The minimum absolute atomic E-state index is 0.0951. The molecule has 0 bridgehead atoms. The molecule has 3 heterocycles. The molecule has 0 spiro atoms. The maximum atomic E-state index is 14.1. The van der Waals surface area contributed by atoms with E-state index in [0.717, 1.165) is 23.4 Å². The Labute approximate surface area is 154 Å². The molecule has 1 aliphatic heterocycles. The number of anilines is 1. The van der Waals surface area contributed by atoms with Gasteiger partial charge in [0, 0.05) is 31.1 Å². The van der Waals surface area contributed by atoms with E-state index in [1.807, 2.05) is 19.2 Å². The highest BCUT2D eigenvalue weighted by atomic mass is 19.1. The molecule has 1 aromatic carbocycles. The Morgan fingerprint density at radius 3 is 2.89 bits per heavy atom. The number of benzene rings is 1. The van der Waals surface area contributed by atoms with E-state index < -0.39 is 11.6 Å². The Morgan fingerprint density at radius 1 is 1.30 bits per heavy atom. The third-order valence-electron chi connectivity index (χ3n) is 4.72. The summed E-state index contributed by atoms with van der Waals surface area (Å²) in [6, 6.07) is 5.13. The van der Waals surface area contributed by atoms with Crippen molar-refractivity contribution in [1.29, 1.82) is 0 Å². The summed E-state index contributed by atoms with van der Waals surface area (Å²) < 4.78 is 32.5. The molecule has 1 aliphatic rings. The highest BCUT2D eigenvalue weighted by molar-refractivity contribution is 5.94. The largest absolute Gasteiger partial charge is 0.357 e. The summed E-state index contributed by atoms with van der Waals surface area (Å²) in [6.45, 7) is 2.31. The zero-order chi connectivity index (χ0) is 19.0. The molecule has 27 heavy (non-hydrogen) atoms. The minimum Gasteiger partial charge on any atom is -0.357 e. The summed E-state index contributed by atoms with van der Waals surface area (Å²) in [5.41, 5.74) is 1.87. The second-order valence-corrected chi connectivity index (χ2v) is 6.73. The fraction of sp³-hybridized carbons (Fsp3) is 0.316. The van der Waals surface area contributed by atoms with Crippen LogP contribution >= 0.6 is 0 Å². The minimum atomic E-state index is -0.745. The van der Waals surface area contributed by atoms with E-state index in [1.54, 1.807) is 0 Å². The number of H-pyrrole nitrogens is 1. The van der Waals surface area contributed by atoms with E-state index in [1.165, 1.54) is 11.0 Å². The van der Waals surface area contributed by atoms with Gasteiger partial charge in [0.15, 0.2) is 5.82 Å². The molecule has 1 fully saturated rings. The lowest BCUT2D eigenvalue weighted by atomic mass is 10.00. The second-order valence-electron chi connectivity index (χ2n) is 6.73. The molecule has 8 heteroatoms. The van der Waals surface area contributed by atoms with E-state index in [0.29, 0.717) is 31.1 Å².